The number of hydrogen-bond acceptors (Lipinski definition) is 5. The van der Waals surface area contributed by atoms with Crippen molar-refractivity contribution in [3.05, 3.63) is 64.9 Å². The molecule has 2 aromatic rings. The van der Waals surface area contributed by atoms with Gasteiger partial charge in [0.05, 0.1) is 45.2 Å². The molecule has 0 radical (unpaired) electrons. The van der Waals surface area contributed by atoms with Gasteiger partial charge in [0.1, 0.15) is 0 Å². The molecule has 156 valence electrons. The lowest BCUT2D eigenvalue weighted by Gasteiger charge is -2.26. The maximum Gasteiger partial charge on any atom is 0.319 e. The van der Waals surface area contributed by atoms with Crippen molar-refractivity contribution in [2.45, 2.75) is 12.6 Å². The van der Waals surface area contributed by atoms with Gasteiger partial charge < -0.3 is 29.7 Å². The summed E-state index contributed by atoms with van der Waals surface area (Å²) in [7, 11) is 4.57. The smallest absolute Gasteiger partial charge is 0.319 e. The molecule has 0 bridgehead atoms. The van der Waals surface area contributed by atoms with E-state index in [-0.39, 0.29) is 11.9 Å². The Kier molecular flexibility index (Phi) is 5.22. The van der Waals surface area contributed by atoms with E-state index >= 15 is 0 Å². The Morgan fingerprint density at radius 3 is 2.27 bits per heavy atom. The van der Waals surface area contributed by atoms with Crippen LogP contribution in [0, 0.1) is 0 Å². The first-order chi connectivity index (χ1) is 14.5. The highest BCUT2D eigenvalue weighted by Crippen LogP contribution is 2.42. The molecule has 2 aliphatic heterocycles. The Morgan fingerprint density at radius 2 is 1.67 bits per heavy atom. The van der Waals surface area contributed by atoms with Crippen LogP contribution in [0.1, 0.15) is 17.2 Å². The normalized spacial score (nSPS) is 18.0. The summed E-state index contributed by atoms with van der Waals surface area (Å²) >= 11 is 0. The SMILES string of the molecule is COc1cc([C@H]2NC(=O)NC3=C2C(=O)N(Cc2ccccc2)C3)cc(OC)c1OC. The zero-order chi connectivity index (χ0) is 21.3. The summed E-state index contributed by atoms with van der Waals surface area (Å²) in [4.78, 5) is 27.3. The molecule has 0 saturated heterocycles. The average Bonchev–Trinajstić information content (AvgIpc) is 3.07. The van der Waals surface area contributed by atoms with E-state index in [1.807, 2.05) is 30.3 Å². The average molecular weight is 409 g/mol. The molecule has 2 heterocycles. The summed E-state index contributed by atoms with van der Waals surface area (Å²) in [6.07, 6.45) is 0. The summed E-state index contributed by atoms with van der Waals surface area (Å²) in [5.41, 5.74) is 2.81. The molecule has 0 spiro atoms. The molecule has 0 aliphatic carbocycles. The van der Waals surface area contributed by atoms with Crippen LogP contribution in [0.3, 0.4) is 0 Å². The Bertz CT molecular complexity index is 994. The minimum atomic E-state index is -0.629. The molecule has 3 amide bonds. The number of methoxy groups -OCH3 is 3. The molecule has 2 aliphatic rings. The van der Waals surface area contributed by atoms with Gasteiger partial charge in [-0.25, -0.2) is 4.79 Å². The predicted molar refractivity (Wildman–Crippen MR) is 109 cm³/mol. The molecule has 8 heteroatoms. The number of carbonyl (C=O) groups excluding carboxylic acids is 2. The van der Waals surface area contributed by atoms with E-state index < -0.39 is 6.04 Å². The molecular weight excluding hydrogens is 386 g/mol. The summed E-state index contributed by atoms with van der Waals surface area (Å²) in [6, 6.07) is 12.2. The zero-order valence-corrected chi connectivity index (χ0v) is 17.0. The molecule has 0 fully saturated rings. The molecule has 2 aromatic carbocycles. The minimum absolute atomic E-state index is 0.125. The molecule has 30 heavy (non-hydrogen) atoms. The number of carbonyl (C=O) groups is 2. The van der Waals surface area contributed by atoms with Crippen LogP contribution in [0.4, 0.5) is 4.79 Å². The molecular formula is C22H23N3O5. The number of hydrogen-bond donors (Lipinski definition) is 2. The lowest BCUT2D eigenvalue weighted by Crippen LogP contribution is -2.44. The third kappa shape index (κ3) is 3.41. The van der Waals surface area contributed by atoms with Gasteiger partial charge in [0.25, 0.3) is 5.91 Å². The second-order valence-electron chi connectivity index (χ2n) is 7.03. The van der Waals surface area contributed by atoms with E-state index in [1.54, 1.807) is 17.0 Å². The maximum atomic E-state index is 13.3. The first kappa shape index (κ1) is 19.6. The highest BCUT2D eigenvalue weighted by Gasteiger charge is 2.40. The van der Waals surface area contributed by atoms with Crippen LogP contribution in [0.2, 0.25) is 0 Å². The number of ether oxygens (including phenoxy) is 3. The van der Waals surface area contributed by atoms with Crippen molar-refractivity contribution >= 4 is 11.9 Å². The van der Waals surface area contributed by atoms with E-state index in [0.29, 0.717) is 47.2 Å². The van der Waals surface area contributed by atoms with Gasteiger partial charge in [-0.2, -0.15) is 0 Å². The molecule has 0 unspecified atom stereocenters. The van der Waals surface area contributed by atoms with Gasteiger partial charge in [0.2, 0.25) is 5.75 Å². The topological polar surface area (TPSA) is 89.1 Å². The highest BCUT2D eigenvalue weighted by atomic mass is 16.5. The van der Waals surface area contributed by atoms with E-state index in [4.69, 9.17) is 14.2 Å². The lowest BCUT2D eigenvalue weighted by atomic mass is 9.95. The lowest BCUT2D eigenvalue weighted by molar-refractivity contribution is -0.126. The first-order valence-electron chi connectivity index (χ1n) is 9.49. The largest absolute Gasteiger partial charge is 0.493 e. The van der Waals surface area contributed by atoms with Crippen LogP contribution in [0.5, 0.6) is 17.2 Å². The number of amides is 3. The van der Waals surface area contributed by atoms with Gasteiger partial charge in [-0.05, 0) is 23.3 Å². The van der Waals surface area contributed by atoms with Gasteiger partial charge in [-0.15, -0.1) is 0 Å². The molecule has 2 N–H and O–H groups in total. The summed E-state index contributed by atoms with van der Waals surface area (Å²) in [6.45, 7) is 0.807. The summed E-state index contributed by atoms with van der Waals surface area (Å²) < 4.78 is 16.2. The van der Waals surface area contributed by atoms with Crippen molar-refractivity contribution in [3.63, 3.8) is 0 Å². The standard InChI is InChI=1S/C22H23N3O5/c1-28-16-9-14(10-17(29-2)20(16)30-3)19-18-15(23-22(27)24-19)12-25(21(18)26)11-13-7-5-4-6-8-13/h4-10,19H,11-12H2,1-3H3,(H2,23,24,27)/t19-/m1/s1. The first-order valence-corrected chi connectivity index (χ1v) is 9.49. The quantitative estimate of drug-likeness (QED) is 0.765. The zero-order valence-electron chi connectivity index (χ0n) is 17.0. The van der Waals surface area contributed by atoms with Gasteiger partial charge in [-0.3, -0.25) is 4.79 Å². The van der Waals surface area contributed by atoms with Gasteiger partial charge in [0, 0.05) is 6.54 Å². The van der Waals surface area contributed by atoms with Crippen LogP contribution in [0.15, 0.2) is 53.7 Å². The number of benzene rings is 2. The Balaban J connectivity index is 1.70. The van der Waals surface area contributed by atoms with Crippen LogP contribution in [-0.4, -0.2) is 44.7 Å². The van der Waals surface area contributed by atoms with Crippen molar-refractivity contribution in [1.82, 2.24) is 15.5 Å². The second kappa shape index (κ2) is 7.98. The summed E-state index contributed by atoms with van der Waals surface area (Å²) in [5, 5.41) is 5.64. The van der Waals surface area contributed by atoms with Crippen LogP contribution >= 0.6 is 0 Å². The predicted octanol–water partition coefficient (Wildman–Crippen LogP) is 2.36. The maximum absolute atomic E-state index is 13.3. The van der Waals surface area contributed by atoms with Crippen molar-refractivity contribution in [3.8, 4) is 17.2 Å². The number of nitrogens with one attached hydrogen (secondary N) is 2. The van der Waals surface area contributed by atoms with Crippen LogP contribution < -0.4 is 24.8 Å². The molecule has 4 rings (SSSR count). The Morgan fingerprint density at radius 1 is 1.00 bits per heavy atom. The fourth-order valence-electron chi connectivity index (χ4n) is 3.88. The van der Waals surface area contributed by atoms with Crippen molar-refractivity contribution in [1.29, 1.82) is 0 Å². The monoisotopic (exact) mass is 409 g/mol. The number of rotatable bonds is 6. The van der Waals surface area contributed by atoms with Gasteiger partial charge in [-0.1, -0.05) is 30.3 Å². The van der Waals surface area contributed by atoms with E-state index in [1.165, 1.54) is 21.3 Å². The number of urea groups is 1. The highest BCUT2D eigenvalue weighted by molar-refractivity contribution is 6.01. The van der Waals surface area contributed by atoms with Crippen molar-refractivity contribution < 1.29 is 23.8 Å². The van der Waals surface area contributed by atoms with E-state index in [0.717, 1.165) is 5.56 Å². The molecule has 0 aromatic heterocycles. The third-order valence-corrected chi connectivity index (χ3v) is 5.26. The second-order valence-corrected chi connectivity index (χ2v) is 7.03. The summed E-state index contributed by atoms with van der Waals surface area (Å²) in [5.74, 6) is 1.23. The number of nitrogens with zero attached hydrogens (tertiary/aromatic N) is 1. The van der Waals surface area contributed by atoms with Crippen molar-refractivity contribution in [2.75, 3.05) is 27.9 Å². The molecule has 1 atom stereocenters. The Labute approximate surface area is 174 Å². The van der Waals surface area contributed by atoms with Crippen molar-refractivity contribution in [2.24, 2.45) is 0 Å². The Hall–Kier alpha value is -3.68. The third-order valence-electron chi connectivity index (χ3n) is 5.26. The molecule has 0 saturated carbocycles. The fourth-order valence-corrected chi connectivity index (χ4v) is 3.88. The van der Waals surface area contributed by atoms with Crippen LogP contribution in [0.25, 0.3) is 0 Å². The molecule has 8 nitrogen and oxygen atoms in total. The van der Waals surface area contributed by atoms with Crippen LogP contribution in [-0.2, 0) is 11.3 Å². The van der Waals surface area contributed by atoms with Gasteiger partial charge >= 0.3 is 6.03 Å². The van der Waals surface area contributed by atoms with E-state index in [9.17, 15) is 9.59 Å². The minimum Gasteiger partial charge on any atom is -0.493 e. The van der Waals surface area contributed by atoms with Gasteiger partial charge in [0.15, 0.2) is 11.5 Å². The fraction of sp³-hybridized carbons (Fsp3) is 0.273. The van der Waals surface area contributed by atoms with E-state index in [2.05, 4.69) is 10.6 Å².